The first-order valence-electron chi connectivity index (χ1n) is 10.9. The van der Waals surface area contributed by atoms with Crippen molar-refractivity contribution >= 4 is 6.09 Å². The number of benzene rings is 2. The molecule has 0 aromatic heterocycles. The largest absolute Gasteiger partial charge is 0.465 e. The second-order valence-corrected chi connectivity index (χ2v) is 9.63. The number of carbonyl (C=O) groups is 1. The van der Waals surface area contributed by atoms with E-state index in [4.69, 9.17) is 6.42 Å². The zero-order valence-electron chi connectivity index (χ0n) is 19.1. The Morgan fingerprint density at radius 1 is 1.21 bits per heavy atom. The van der Waals surface area contributed by atoms with Gasteiger partial charge in [-0.15, -0.1) is 6.42 Å². The summed E-state index contributed by atoms with van der Waals surface area (Å²) in [6, 6.07) is 9.78. The summed E-state index contributed by atoms with van der Waals surface area (Å²) >= 11 is 0. The Morgan fingerprint density at radius 3 is 2.36 bits per heavy atom. The van der Waals surface area contributed by atoms with Gasteiger partial charge in [0.25, 0.3) is 0 Å². The smallest absolute Gasteiger partial charge is 0.408 e. The second-order valence-electron chi connectivity index (χ2n) is 9.63. The molecule has 2 atom stereocenters. The van der Waals surface area contributed by atoms with Gasteiger partial charge in [-0.25, -0.2) is 13.6 Å². The maximum atomic E-state index is 13.8. The normalized spacial score (nSPS) is 16.5. The third-order valence-electron chi connectivity index (χ3n) is 6.05. The van der Waals surface area contributed by atoms with E-state index >= 15 is 0 Å². The van der Waals surface area contributed by atoms with Crippen LogP contribution in [-0.2, 0) is 12.0 Å². The van der Waals surface area contributed by atoms with Gasteiger partial charge in [0, 0.05) is 29.3 Å². The van der Waals surface area contributed by atoms with Gasteiger partial charge < -0.3 is 15.5 Å². The maximum absolute atomic E-state index is 13.8. The Hall–Kier alpha value is -2.95. The van der Waals surface area contributed by atoms with E-state index in [9.17, 15) is 23.8 Å². The van der Waals surface area contributed by atoms with Gasteiger partial charge in [-0.2, -0.15) is 0 Å². The Bertz CT molecular complexity index is 1030. The minimum Gasteiger partial charge on any atom is -0.465 e. The van der Waals surface area contributed by atoms with Gasteiger partial charge in [-0.3, -0.25) is 4.90 Å². The lowest BCUT2D eigenvalue weighted by Crippen LogP contribution is -2.58. The van der Waals surface area contributed by atoms with Crippen molar-refractivity contribution in [2.24, 2.45) is 0 Å². The number of nitrogens with one attached hydrogen (secondary N) is 1. The van der Waals surface area contributed by atoms with Crippen LogP contribution in [0.25, 0.3) is 0 Å². The molecular weight excluding hydrogens is 426 g/mol. The molecule has 5 nitrogen and oxygen atoms in total. The van der Waals surface area contributed by atoms with Gasteiger partial charge in [0.1, 0.15) is 11.6 Å². The molecule has 0 spiro atoms. The summed E-state index contributed by atoms with van der Waals surface area (Å²) < 4.78 is 27.6. The summed E-state index contributed by atoms with van der Waals surface area (Å²) in [5.74, 6) is 1.12. The zero-order valence-corrected chi connectivity index (χ0v) is 19.1. The molecule has 33 heavy (non-hydrogen) atoms. The number of rotatable bonds is 8. The van der Waals surface area contributed by atoms with Crippen molar-refractivity contribution < 1.29 is 23.8 Å². The molecule has 3 rings (SSSR count). The number of aliphatic hydroxyl groups excluding tert-OH is 1. The molecule has 0 saturated heterocycles. The zero-order chi connectivity index (χ0) is 24.4. The van der Waals surface area contributed by atoms with Crippen LogP contribution in [0.3, 0.4) is 0 Å². The van der Waals surface area contributed by atoms with Gasteiger partial charge in [0.2, 0.25) is 0 Å². The standard InChI is InChI=1S/C26H30F2N2O3/c1-5-17-7-6-8-19(11-17)26(9-10-26)29-16-23(31)22(30(24(32)33)25(2,3)4)14-18-12-20(27)15-21(28)13-18/h1,6-8,11-13,15,22-23,29,31H,9-10,14,16H2,2-4H3,(H,32,33)/t22-,23-/m0/s1. The average molecular weight is 457 g/mol. The number of aliphatic hydroxyl groups is 1. The third kappa shape index (κ3) is 5.89. The van der Waals surface area contributed by atoms with Crippen molar-refractivity contribution in [1.29, 1.82) is 0 Å². The highest BCUT2D eigenvalue weighted by Gasteiger charge is 2.45. The highest BCUT2D eigenvalue weighted by atomic mass is 19.1. The Kier molecular flexibility index (Phi) is 7.11. The minimum atomic E-state index is -1.22. The molecule has 2 aromatic carbocycles. The van der Waals surface area contributed by atoms with Crippen LogP contribution in [0.15, 0.2) is 42.5 Å². The molecule has 0 unspecified atom stereocenters. The van der Waals surface area contributed by atoms with Crippen molar-refractivity contribution in [2.45, 2.75) is 63.3 Å². The number of halogens is 2. The summed E-state index contributed by atoms with van der Waals surface area (Å²) in [4.78, 5) is 13.3. The first kappa shape index (κ1) is 24.7. The number of nitrogens with zero attached hydrogens (tertiary/aromatic N) is 1. The van der Waals surface area contributed by atoms with Crippen molar-refractivity contribution in [3.05, 3.63) is 70.8 Å². The number of hydrogen-bond donors (Lipinski definition) is 3. The van der Waals surface area contributed by atoms with Crippen LogP contribution < -0.4 is 5.32 Å². The minimum absolute atomic E-state index is 0.0410. The molecule has 1 aliphatic carbocycles. The van der Waals surface area contributed by atoms with Crippen LogP contribution in [0.4, 0.5) is 13.6 Å². The van der Waals surface area contributed by atoms with Gasteiger partial charge in [0.15, 0.2) is 0 Å². The van der Waals surface area contributed by atoms with E-state index in [2.05, 4.69) is 11.2 Å². The fourth-order valence-electron chi connectivity index (χ4n) is 4.33. The summed E-state index contributed by atoms with van der Waals surface area (Å²) in [7, 11) is 0. The number of amides is 1. The monoisotopic (exact) mass is 456 g/mol. The fourth-order valence-corrected chi connectivity index (χ4v) is 4.33. The molecule has 0 aliphatic heterocycles. The molecule has 7 heteroatoms. The van der Waals surface area contributed by atoms with Gasteiger partial charge in [-0.05, 0) is 75.4 Å². The van der Waals surface area contributed by atoms with E-state index in [0.29, 0.717) is 0 Å². The van der Waals surface area contributed by atoms with Crippen LogP contribution in [0.2, 0.25) is 0 Å². The van der Waals surface area contributed by atoms with E-state index in [-0.39, 0.29) is 24.1 Å². The van der Waals surface area contributed by atoms with Crippen molar-refractivity contribution in [3.63, 3.8) is 0 Å². The van der Waals surface area contributed by atoms with Gasteiger partial charge >= 0.3 is 6.09 Å². The van der Waals surface area contributed by atoms with Crippen LogP contribution >= 0.6 is 0 Å². The van der Waals surface area contributed by atoms with Crippen LogP contribution in [0, 0.1) is 24.0 Å². The van der Waals surface area contributed by atoms with Crippen LogP contribution in [-0.4, -0.2) is 45.4 Å². The molecule has 0 bridgehead atoms. The summed E-state index contributed by atoms with van der Waals surface area (Å²) in [5.41, 5.74) is 0.868. The first-order chi connectivity index (χ1) is 15.4. The maximum Gasteiger partial charge on any atom is 0.408 e. The average Bonchev–Trinajstić information content (AvgIpc) is 3.51. The van der Waals surface area contributed by atoms with E-state index in [0.717, 1.165) is 47.1 Å². The van der Waals surface area contributed by atoms with Crippen molar-refractivity contribution in [2.75, 3.05) is 6.54 Å². The highest BCUT2D eigenvalue weighted by Crippen LogP contribution is 2.45. The molecule has 2 aromatic rings. The molecule has 0 radical (unpaired) electrons. The Labute approximate surface area is 193 Å². The fraction of sp³-hybridized carbons (Fsp3) is 0.423. The molecular formula is C26H30F2N2O3. The second kappa shape index (κ2) is 9.50. The Morgan fingerprint density at radius 2 is 1.85 bits per heavy atom. The Balaban J connectivity index is 1.85. The highest BCUT2D eigenvalue weighted by molar-refractivity contribution is 5.66. The van der Waals surface area contributed by atoms with Crippen molar-refractivity contribution in [1.82, 2.24) is 10.2 Å². The summed E-state index contributed by atoms with van der Waals surface area (Å²) in [6.45, 7) is 5.25. The predicted molar refractivity (Wildman–Crippen MR) is 123 cm³/mol. The molecule has 0 heterocycles. The predicted octanol–water partition coefficient (Wildman–Crippen LogP) is 4.28. The van der Waals surface area contributed by atoms with Gasteiger partial charge in [-0.1, -0.05) is 18.1 Å². The van der Waals surface area contributed by atoms with Crippen LogP contribution in [0.1, 0.15) is 50.3 Å². The molecule has 1 fully saturated rings. The third-order valence-corrected chi connectivity index (χ3v) is 6.05. The number of carboxylic acid groups (broad SMARTS) is 1. The van der Waals surface area contributed by atoms with E-state index in [1.54, 1.807) is 20.8 Å². The van der Waals surface area contributed by atoms with Crippen molar-refractivity contribution in [3.8, 4) is 12.3 Å². The molecule has 1 saturated carbocycles. The quantitative estimate of drug-likeness (QED) is 0.519. The number of terminal acetylenes is 1. The van der Waals surface area contributed by atoms with E-state index < -0.39 is 35.4 Å². The SMILES string of the molecule is C#Cc1cccc(C2(NC[C@H](O)[C@H](Cc3cc(F)cc(F)c3)N(C(=O)O)C(C)(C)C)CC2)c1. The van der Waals surface area contributed by atoms with E-state index in [1.807, 2.05) is 24.3 Å². The first-order valence-corrected chi connectivity index (χ1v) is 10.9. The molecule has 1 aliphatic rings. The summed E-state index contributed by atoms with van der Waals surface area (Å²) in [5, 5.41) is 24.4. The molecule has 176 valence electrons. The van der Waals surface area contributed by atoms with E-state index in [1.165, 1.54) is 0 Å². The lowest BCUT2D eigenvalue weighted by atomic mass is 9.94. The molecule has 3 N–H and O–H groups in total. The number of hydrogen-bond acceptors (Lipinski definition) is 3. The lowest BCUT2D eigenvalue weighted by Gasteiger charge is -2.42. The molecule has 1 amide bonds. The summed E-state index contributed by atoms with van der Waals surface area (Å²) in [6.07, 6.45) is 4.85. The topological polar surface area (TPSA) is 72.8 Å². The van der Waals surface area contributed by atoms with Gasteiger partial charge in [0.05, 0.1) is 12.1 Å². The van der Waals surface area contributed by atoms with Crippen LogP contribution in [0.5, 0.6) is 0 Å². The lowest BCUT2D eigenvalue weighted by molar-refractivity contribution is 0.00644.